The monoisotopic (exact) mass is 234 g/mol. The van der Waals surface area contributed by atoms with Crippen molar-refractivity contribution in [1.82, 2.24) is 0 Å². The second-order valence-corrected chi connectivity index (χ2v) is 4.76. The number of aryl methyl sites for hydroxylation is 1. The van der Waals surface area contributed by atoms with Crippen LogP contribution in [0.15, 0.2) is 29.6 Å². The first-order chi connectivity index (χ1) is 7.59. The van der Waals surface area contributed by atoms with Crippen molar-refractivity contribution in [2.45, 2.75) is 13.8 Å². The van der Waals surface area contributed by atoms with Crippen LogP contribution in [0.5, 0.6) is 0 Å². The number of thiophene rings is 1. The highest BCUT2D eigenvalue weighted by Gasteiger charge is 2.11. The van der Waals surface area contributed by atoms with Crippen LogP contribution in [0.1, 0.15) is 22.2 Å². The van der Waals surface area contributed by atoms with Gasteiger partial charge < -0.3 is 0 Å². The zero-order valence-corrected chi connectivity index (χ0v) is 9.90. The van der Waals surface area contributed by atoms with Crippen LogP contribution in [0.4, 0.5) is 4.39 Å². The van der Waals surface area contributed by atoms with Crippen LogP contribution >= 0.6 is 11.3 Å². The molecule has 1 nitrogen and oxygen atoms in total. The summed E-state index contributed by atoms with van der Waals surface area (Å²) in [6, 6.07) is 6.36. The first-order valence-corrected chi connectivity index (χ1v) is 5.82. The van der Waals surface area contributed by atoms with Gasteiger partial charge in [-0.3, -0.25) is 4.79 Å². The molecule has 0 unspecified atom stereocenters. The molecule has 1 aromatic carbocycles. The molecule has 82 valence electrons. The molecule has 1 aromatic heterocycles. The Balaban J connectivity index is 2.60. The Kier molecular flexibility index (Phi) is 2.88. The molecule has 0 saturated carbocycles. The quantitative estimate of drug-likeness (QED) is 0.716. The standard InChI is InChI=1S/C13H11FOS/c1-8(15)10-3-4-13(14)12(7-10)11-5-6-16-9(11)2/h3-7H,1-2H3. The molecule has 0 spiro atoms. The molecular formula is C13H11FOS. The van der Waals surface area contributed by atoms with Crippen LogP contribution < -0.4 is 0 Å². The van der Waals surface area contributed by atoms with Crippen LogP contribution in [0.25, 0.3) is 11.1 Å². The molecule has 0 amide bonds. The summed E-state index contributed by atoms with van der Waals surface area (Å²) in [7, 11) is 0. The van der Waals surface area contributed by atoms with Gasteiger partial charge >= 0.3 is 0 Å². The van der Waals surface area contributed by atoms with Crippen LogP contribution in [-0.2, 0) is 0 Å². The van der Waals surface area contributed by atoms with Gasteiger partial charge in [0.1, 0.15) is 5.82 Å². The number of carbonyl (C=O) groups excluding carboxylic acids is 1. The Bertz CT molecular complexity index is 543. The summed E-state index contributed by atoms with van der Waals surface area (Å²) >= 11 is 1.57. The number of hydrogen-bond donors (Lipinski definition) is 0. The van der Waals surface area contributed by atoms with Gasteiger partial charge in [0.05, 0.1) is 0 Å². The summed E-state index contributed by atoms with van der Waals surface area (Å²) in [6.07, 6.45) is 0. The number of benzene rings is 1. The predicted octanol–water partition coefficient (Wildman–Crippen LogP) is 4.07. The summed E-state index contributed by atoms with van der Waals surface area (Å²) in [5, 5.41) is 1.92. The minimum Gasteiger partial charge on any atom is -0.295 e. The summed E-state index contributed by atoms with van der Waals surface area (Å²) < 4.78 is 13.7. The maximum Gasteiger partial charge on any atom is 0.159 e. The molecule has 0 aliphatic rings. The molecule has 16 heavy (non-hydrogen) atoms. The number of rotatable bonds is 2. The molecule has 2 rings (SSSR count). The summed E-state index contributed by atoms with van der Waals surface area (Å²) in [5.74, 6) is -0.333. The predicted molar refractivity (Wildman–Crippen MR) is 64.5 cm³/mol. The van der Waals surface area contributed by atoms with Crippen molar-refractivity contribution in [3.05, 3.63) is 45.9 Å². The normalized spacial score (nSPS) is 10.4. The van der Waals surface area contributed by atoms with Crippen molar-refractivity contribution in [1.29, 1.82) is 0 Å². The number of carbonyl (C=O) groups is 1. The Hall–Kier alpha value is -1.48. The molecule has 0 N–H and O–H groups in total. The second kappa shape index (κ2) is 4.18. The van der Waals surface area contributed by atoms with E-state index >= 15 is 0 Å². The number of hydrogen-bond acceptors (Lipinski definition) is 2. The lowest BCUT2D eigenvalue weighted by Crippen LogP contribution is -1.94. The zero-order valence-electron chi connectivity index (χ0n) is 9.08. The lowest BCUT2D eigenvalue weighted by molar-refractivity contribution is 0.101. The minimum absolute atomic E-state index is 0.0471. The highest BCUT2D eigenvalue weighted by Crippen LogP contribution is 2.30. The molecule has 0 fully saturated rings. The summed E-state index contributed by atoms with van der Waals surface area (Å²) in [5.41, 5.74) is 1.92. The van der Waals surface area contributed by atoms with Crippen LogP contribution in [0, 0.1) is 12.7 Å². The van der Waals surface area contributed by atoms with E-state index in [0.717, 1.165) is 10.4 Å². The third kappa shape index (κ3) is 1.91. The fraction of sp³-hybridized carbons (Fsp3) is 0.154. The summed E-state index contributed by atoms with van der Waals surface area (Å²) in [4.78, 5) is 12.3. The van der Waals surface area contributed by atoms with E-state index in [1.165, 1.54) is 19.1 Å². The Morgan fingerprint density at radius 1 is 1.25 bits per heavy atom. The van der Waals surface area contributed by atoms with Gasteiger partial charge in [0, 0.05) is 16.0 Å². The molecule has 0 aliphatic heterocycles. The van der Waals surface area contributed by atoms with Crippen molar-refractivity contribution in [2.24, 2.45) is 0 Å². The van der Waals surface area contributed by atoms with Crippen molar-refractivity contribution in [2.75, 3.05) is 0 Å². The van der Waals surface area contributed by atoms with E-state index in [2.05, 4.69) is 0 Å². The molecular weight excluding hydrogens is 223 g/mol. The van der Waals surface area contributed by atoms with E-state index in [-0.39, 0.29) is 11.6 Å². The van der Waals surface area contributed by atoms with Crippen LogP contribution in [0.3, 0.4) is 0 Å². The largest absolute Gasteiger partial charge is 0.295 e. The Morgan fingerprint density at radius 2 is 2.00 bits per heavy atom. The van der Waals surface area contributed by atoms with Gasteiger partial charge in [0.25, 0.3) is 0 Å². The number of Topliss-reactive ketones (excluding diaryl/α,β-unsaturated/α-hetero) is 1. The van der Waals surface area contributed by atoms with Crippen molar-refractivity contribution in [3.63, 3.8) is 0 Å². The van der Waals surface area contributed by atoms with E-state index in [1.807, 2.05) is 18.4 Å². The first kappa shape index (κ1) is 11.0. The average molecular weight is 234 g/mol. The maximum absolute atomic E-state index is 13.7. The van der Waals surface area contributed by atoms with E-state index < -0.39 is 0 Å². The van der Waals surface area contributed by atoms with Gasteiger partial charge in [-0.05, 0) is 49.1 Å². The molecule has 0 aliphatic carbocycles. The third-order valence-electron chi connectivity index (χ3n) is 2.52. The van der Waals surface area contributed by atoms with E-state index in [1.54, 1.807) is 17.4 Å². The fourth-order valence-corrected chi connectivity index (χ4v) is 2.33. The topological polar surface area (TPSA) is 17.1 Å². The first-order valence-electron chi connectivity index (χ1n) is 4.94. The van der Waals surface area contributed by atoms with Gasteiger partial charge in [-0.25, -0.2) is 4.39 Å². The van der Waals surface area contributed by atoms with Gasteiger partial charge in [-0.1, -0.05) is 0 Å². The van der Waals surface area contributed by atoms with Gasteiger partial charge in [-0.15, -0.1) is 11.3 Å². The minimum atomic E-state index is -0.286. The van der Waals surface area contributed by atoms with Crippen molar-refractivity contribution < 1.29 is 9.18 Å². The van der Waals surface area contributed by atoms with Crippen LogP contribution in [0.2, 0.25) is 0 Å². The highest BCUT2D eigenvalue weighted by atomic mass is 32.1. The highest BCUT2D eigenvalue weighted by molar-refractivity contribution is 7.10. The summed E-state index contributed by atoms with van der Waals surface area (Å²) in [6.45, 7) is 3.43. The van der Waals surface area contributed by atoms with E-state index in [9.17, 15) is 9.18 Å². The third-order valence-corrected chi connectivity index (χ3v) is 3.37. The molecule has 0 atom stereocenters. The van der Waals surface area contributed by atoms with Crippen molar-refractivity contribution in [3.8, 4) is 11.1 Å². The average Bonchev–Trinajstić information content (AvgIpc) is 2.65. The maximum atomic E-state index is 13.7. The van der Waals surface area contributed by atoms with Gasteiger partial charge in [0.2, 0.25) is 0 Å². The van der Waals surface area contributed by atoms with Gasteiger partial charge in [0.15, 0.2) is 5.78 Å². The molecule has 1 heterocycles. The SMILES string of the molecule is CC(=O)c1ccc(F)c(-c2ccsc2C)c1. The number of halogens is 1. The lowest BCUT2D eigenvalue weighted by Gasteiger charge is -2.04. The van der Waals surface area contributed by atoms with Gasteiger partial charge in [-0.2, -0.15) is 0 Å². The Morgan fingerprint density at radius 3 is 2.56 bits per heavy atom. The molecule has 2 aromatic rings. The molecule has 0 radical (unpaired) electrons. The number of ketones is 1. The molecule has 0 bridgehead atoms. The molecule has 0 saturated heterocycles. The molecule has 3 heteroatoms. The lowest BCUT2D eigenvalue weighted by atomic mass is 10.0. The second-order valence-electron chi connectivity index (χ2n) is 3.64. The van der Waals surface area contributed by atoms with Crippen molar-refractivity contribution >= 4 is 17.1 Å². The smallest absolute Gasteiger partial charge is 0.159 e. The Labute approximate surface area is 97.6 Å². The zero-order chi connectivity index (χ0) is 11.7. The van der Waals surface area contributed by atoms with E-state index in [0.29, 0.717) is 11.1 Å². The fourth-order valence-electron chi connectivity index (χ4n) is 1.62. The van der Waals surface area contributed by atoms with Crippen LogP contribution in [-0.4, -0.2) is 5.78 Å². The van der Waals surface area contributed by atoms with E-state index in [4.69, 9.17) is 0 Å².